The van der Waals surface area contributed by atoms with Crippen molar-refractivity contribution in [1.29, 1.82) is 0 Å². The monoisotopic (exact) mass is 431 g/mol. The van der Waals surface area contributed by atoms with E-state index in [4.69, 9.17) is 14.5 Å². The lowest BCUT2D eigenvalue weighted by Crippen LogP contribution is -2.44. The van der Waals surface area contributed by atoms with Gasteiger partial charge in [0.15, 0.2) is 5.96 Å². The maximum atomic E-state index is 5.41. The van der Waals surface area contributed by atoms with Crippen LogP contribution in [0.2, 0.25) is 0 Å². The van der Waals surface area contributed by atoms with Crippen LogP contribution in [0.1, 0.15) is 38.2 Å². The molecule has 1 aromatic rings. The van der Waals surface area contributed by atoms with Gasteiger partial charge in [0.1, 0.15) is 11.5 Å². The summed E-state index contributed by atoms with van der Waals surface area (Å²) in [6.45, 7) is 9.36. The predicted octanol–water partition coefficient (Wildman–Crippen LogP) is 2.57. The number of benzene rings is 1. The molecule has 1 atom stereocenters. The summed E-state index contributed by atoms with van der Waals surface area (Å²) in [7, 11) is 5.61. The number of hydrogen-bond donors (Lipinski definition) is 2. The third kappa shape index (κ3) is 7.58. The third-order valence-electron chi connectivity index (χ3n) is 6.42. The van der Waals surface area contributed by atoms with Gasteiger partial charge in [0, 0.05) is 44.8 Å². The molecule has 2 aliphatic heterocycles. The molecule has 31 heavy (non-hydrogen) atoms. The van der Waals surface area contributed by atoms with Gasteiger partial charge in [0.2, 0.25) is 0 Å². The molecular weight excluding hydrogens is 390 g/mol. The highest BCUT2D eigenvalue weighted by Crippen LogP contribution is 2.24. The lowest BCUT2D eigenvalue weighted by molar-refractivity contribution is 0.214. The van der Waals surface area contributed by atoms with E-state index in [0.29, 0.717) is 6.04 Å². The number of nitrogens with one attached hydrogen (secondary N) is 2. The van der Waals surface area contributed by atoms with Crippen molar-refractivity contribution in [3.8, 4) is 11.5 Å². The van der Waals surface area contributed by atoms with Crippen molar-refractivity contribution in [3.63, 3.8) is 0 Å². The van der Waals surface area contributed by atoms with E-state index in [1.807, 2.05) is 6.07 Å². The minimum absolute atomic E-state index is 0.425. The summed E-state index contributed by atoms with van der Waals surface area (Å²) < 4.78 is 10.8. The minimum Gasteiger partial charge on any atom is -0.497 e. The molecule has 7 nitrogen and oxygen atoms in total. The second-order valence-electron chi connectivity index (χ2n) is 8.88. The highest BCUT2D eigenvalue weighted by molar-refractivity contribution is 5.80. The van der Waals surface area contributed by atoms with Gasteiger partial charge in [-0.2, -0.15) is 0 Å². The van der Waals surface area contributed by atoms with Gasteiger partial charge in [-0.15, -0.1) is 0 Å². The van der Waals surface area contributed by atoms with Crippen LogP contribution in [0.5, 0.6) is 11.5 Å². The molecule has 2 N–H and O–H groups in total. The van der Waals surface area contributed by atoms with Crippen LogP contribution in [0.3, 0.4) is 0 Å². The first-order valence-corrected chi connectivity index (χ1v) is 11.8. The Morgan fingerprint density at radius 2 is 1.77 bits per heavy atom. The van der Waals surface area contributed by atoms with Crippen molar-refractivity contribution in [1.82, 2.24) is 20.4 Å². The Hall–Kier alpha value is -1.99. The Morgan fingerprint density at radius 3 is 2.42 bits per heavy atom. The van der Waals surface area contributed by atoms with Crippen molar-refractivity contribution in [2.24, 2.45) is 10.9 Å². The Bertz CT molecular complexity index is 681. The Kier molecular flexibility index (Phi) is 9.28. The van der Waals surface area contributed by atoms with E-state index in [9.17, 15) is 0 Å². The zero-order chi connectivity index (χ0) is 22.1. The highest BCUT2D eigenvalue weighted by Gasteiger charge is 2.23. The molecule has 1 aromatic carbocycles. The maximum absolute atomic E-state index is 5.41. The minimum atomic E-state index is 0.425. The standard InChI is InChI=1S/C24H41N5O2/c1-5-25-24(26-10-6-19-7-11-28(2)12-8-19)27-21-9-13-29(18-21)17-20-14-22(30-3)16-23(15-20)31-4/h14-16,19,21H,5-13,17-18H2,1-4H3,(H2,25,26,27). The molecule has 1 unspecified atom stereocenters. The van der Waals surface area contributed by atoms with Gasteiger partial charge in [-0.05, 0) is 76.4 Å². The SMILES string of the molecule is CCNC(=NCCC1CCN(C)CC1)NC1CCN(Cc2cc(OC)cc(OC)c2)C1. The quantitative estimate of drug-likeness (QED) is 0.463. The smallest absolute Gasteiger partial charge is 0.191 e. The van der Waals surface area contributed by atoms with E-state index in [1.54, 1.807) is 14.2 Å². The first-order valence-electron chi connectivity index (χ1n) is 11.8. The average molecular weight is 432 g/mol. The number of guanidine groups is 1. The zero-order valence-corrected chi connectivity index (χ0v) is 19.8. The van der Waals surface area contributed by atoms with Crippen LogP contribution in [0.15, 0.2) is 23.2 Å². The van der Waals surface area contributed by atoms with Crippen LogP contribution in [0.25, 0.3) is 0 Å². The second-order valence-corrected chi connectivity index (χ2v) is 8.88. The molecule has 2 heterocycles. The molecule has 2 fully saturated rings. The van der Waals surface area contributed by atoms with Crippen molar-refractivity contribution in [3.05, 3.63) is 23.8 Å². The van der Waals surface area contributed by atoms with Gasteiger partial charge in [0.05, 0.1) is 14.2 Å². The predicted molar refractivity (Wildman–Crippen MR) is 127 cm³/mol. The number of piperidine rings is 1. The van der Waals surface area contributed by atoms with Crippen LogP contribution < -0.4 is 20.1 Å². The van der Waals surface area contributed by atoms with Crippen molar-refractivity contribution >= 4 is 5.96 Å². The molecule has 2 saturated heterocycles. The van der Waals surface area contributed by atoms with Gasteiger partial charge >= 0.3 is 0 Å². The highest BCUT2D eigenvalue weighted by atomic mass is 16.5. The molecule has 0 amide bonds. The second kappa shape index (κ2) is 12.2. The summed E-state index contributed by atoms with van der Waals surface area (Å²) in [4.78, 5) is 9.78. The largest absolute Gasteiger partial charge is 0.497 e. The summed E-state index contributed by atoms with van der Waals surface area (Å²) in [5, 5.41) is 7.09. The van der Waals surface area contributed by atoms with Crippen LogP contribution in [-0.4, -0.2) is 82.3 Å². The molecule has 0 aliphatic carbocycles. The molecule has 174 valence electrons. The van der Waals surface area contributed by atoms with E-state index in [0.717, 1.165) is 62.5 Å². The number of ether oxygens (including phenoxy) is 2. The van der Waals surface area contributed by atoms with Gasteiger partial charge in [-0.1, -0.05) is 0 Å². The molecule has 7 heteroatoms. The number of aliphatic imine (C=N–C) groups is 1. The fourth-order valence-electron chi connectivity index (χ4n) is 4.53. The van der Waals surface area contributed by atoms with Crippen molar-refractivity contribution in [2.75, 3.05) is 60.5 Å². The molecule has 2 aliphatic rings. The number of likely N-dealkylation sites (tertiary alicyclic amines) is 2. The van der Waals surface area contributed by atoms with Crippen LogP contribution in [0, 0.1) is 5.92 Å². The molecule has 0 saturated carbocycles. The Morgan fingerprint density at radius 1 is 1.06 bits per heavy atom. The fourth-order valence-corrected chi connectivity index (χ4v) is 4.53. The normalized spacial score (nSPS) is 21.3. The van der Waals surface area contributed by atoms with Crippen molar-refractivity contribution < 1.29 is 9.47 Å². The molecule has 0 radical (unpaired) electrons. The van der Waals surface area contributed by atoms with E-state index < -0.39 is 0 Å². The topological polar surface area (TPSA) is 61.4 Å². The number of rotatable bonds is 9. The number of methoxy groups -OCH3 is 2. The summed E-state index contributed by atoms with van der Waals surface area (Å²) in [6, 6.07) is 6.53. The summed E-state index contributed by atoms with van der Waals surface area (Å²) in [6.07, 6.45) is 4.94. The number of nitrogens with zero attached hydrogens (tertiary/aromatic N) is 3. The maximum Gasteiger partial charge on any atom is 0.191 e. The van der Waals surface area contributed by atoms with Crippen LogP contribution >= 0.6 is 0 Å². The number of hydrogen-bond acceptors (Lipinski definition) is 5. The Labute approximate surface area is 188 Å². The van der Waals surface area contributed by atoms with E-state index in [2.05, 4.69) is 46.5 Å². The molecule has 0 bridgehead atoms. The third-order valence-corrected chi connectivity index (χ3v) is 6.42. The zero-order valence-electron chi connectivity index (χ0n) is 19.8. The van der Waals surface area contributed by atoms with Crippen molar-refractivity contribution in [2.45, 2.75) is 45.2 Å². The molecule has 0 spiro atoms. The van der Waals surface area contributed by atoms with Crippen LogP contribution in [0.4, 0.5) is 0 Å². The van der Waals surface area contributed by atoms with E-state index in [-0.39, 0.29) is 0 Å². The fraction of sp³-hybridized carbons (Fsp3) is 0.708. The lowest BCUT2D eigenvalue weighted by atomic mass is 9.94. The van der Waals surface area contributed by atoms with E-state index in [1.165, 1.54) is 37.9 Å². The van der Waals surface area contributed by atoms with Gasteiger partial charge in [-0.3, -0.25) is 9.89 Å². The van der Waals surface area contributed by atoms with Crippen LogP contribution in [-0.2, 0) is 6.54 Å². The summed E-state index contributed by atoms with van der Waals surface area (Å²) in [5.74, 6) is 3.47. The lowest BCUT2D eigenvalue weighted by Gasteiger charge is -2.28. The average Bonchev–Trinajstić information content (AvgIpc) is 3.21. The molecular formula is C24H41N5O2. The van der Waals surface area contributed by atoms with Gasteiger partial charge < -0.3 is 25.0 Å². The first kappa shape index (κ1) is 23.7. The first-order chi connectivity index (χ1) is 15.1. The summed E-state index contributed by atoms with van der Waals surface area (Å²) in [5.41, 5.74) is 1.22. The molecule has 0 aromatic heterocycles. The van der Waals surface area contributed by atoms with Gasteiger partial charge in [-0.25, -0.2) is 0 Å². The van der Waals surface area contributed by atoms with Gasteiger partial charge in [0.25, 0.3) is 0 Å². The van der Waals surface area contributed by atoms with E-state index >= 15 is 0 Å². The summed E-state index contributed by atoms with van der Waals surface area (Å²) >= 11 is 0. The molecule has 3 rings (SSSR count). The Balaban J connectivity index is 1.47.